The van der Waals surface area contributed by atoms with Crippen molar-refractivity contribution in [2.75, 3.05) is 12.9 Å². The van der Waals surface area contributed by atoms with E-state index in [1.165, 1.54) is 0 Å². The summed E-state index contributed by atoms with van der Waals surface area (Å²) in [7, 11) is 0. The van der Waals surface area contributed by atoms with Crippen LogP contribution >= 0.6 is 11.8 Å². The van der Waals surface area contributed by atoms with E-state index in [4.69, 9.17) is 5.11 Å². The van der Waals surface area contributed by atoms with Gasteiger partial charge >= 0.3 is 0 Å². The van der Waals surface area contributed by atoms with Gasteiger partial charge in [-0.15, -0.1) is 11.8 Å². The second-order valence-corrected chi connectivity index (χ2v) is 3.32. The van der Waals surface area contributed by atoms with Crippen molar-refractivity contribution >= 4 is 11.8 Å². The highest BCUT2D eigenvalue weighted by molar-refractivity contribution is 7.98. The molecule has 12 heavy (non-hydrogen) atoms. The Hall–Kier alpha value is -0.540. The summed E-state index contributed by atoms with van der Waals surface area (Å²) >= 11 is 1.62. The van der Waals surface area contributed by atoms with Crippen molar-refractivity contribution in [1.82, 2.24) is 0 Å². The molecule has 0 bridgehead atoms. The molecule has 0 aliphatic carbocycles. The third kappa shape index (κ3) is 2.22. The zero-order valence-corrected chi connectivity index (χ0v) is 7.64. The Bertz CT molecular complexity index is 235. The summed E-state index contributed by atoms with van der Waals surface area (Å²) in [5.74, 6) is 0. The molecular weight excluding hydrogens is 175 g/mol. The molecular formula is C9H11FOS. The lowest BCUT2D eigenvalue weighted by molar-refractivity contribution is 0.141. The van der Waals surface area contributed by atoms with Gasteiger partial charge in [-0.3, -0.25) is 0 Å². The fraction of sp³-hybridized carbons (Fsp3) is 0.333. The van der Waals surface area contributed by atoms with Crippen molar-refractivity contribution in [2.45, 2.75) is 11.0 Å². The number of aliphatic hydroxyl groups excluding tert-OH is 1. The maximum absolute atomic E-state index is 12.0. The van der Waals surface area contributed by atoms with Crippen LogP contribution in [0.15, 0.2) is 29.2 Å². The van der Waals surface area contributed by atoms with Gasteiger partial charge in [0.2, 0.25) is 0 Å². The molecule has 1 N–H and O–H groups in total. The Morgan fingerprint density at radius 1 is 1.42 bits per heavy atom. The average Bonchev–Trinajstić information content (AvgIpc) is 2.17. The van der Waals surface area contributed by atoms with E-state index in [9.17, 15) is 4.39 Å². The highest BCUT2D eigenvalue weighted by Crippen LogP contribution is 2.18. The molecule has 0 aliphatic rings. The van der Waals surface area contributed by atoms with Gasteiger partial charge in [0.1, 0.15) is 12.8 Å². The first-order valence-electron chi connectivity index (χ1n) is 3.66. The second kappa shape index (κ2) is 4.48. The maximum atomic E-state index is 12.0. The van der Waals surface area contributed by atoms with Crippen LogP contribution < -0.4 is 0 Å². The normalized spacial score (nSPS) is 12.9. The number of aliphatic hydroxyl groups is 1. The fourth-order valence-corrected chi connectivity index (χ4v) is 1.32. The highest BCUT2D eigenvalue weighted by Gasteiger charge is 2.05. The molecule has 1 aromatic carbocycles. The van der Waals surface area contributed by atoms with Gasteiger partial charge in [-0.25, -0.2) is 4.39 Å². The second-order valence-electron chi connectivity index (χ2n) is 2.44. The lowest BCUT2D eigenvalue weighted by atomic mass is 10.1. The summed E-state index contributed by atoms with van der Waals surface area (Å²) in [5, 5.41) is 9.11. The van der Waals surface area contributed by atoms with Gasteiger partial charge in [-0.2, -0.15) is 0 Å². The topological polar surface area (TPSA) is 20.2 Å². The number of rotatable bonds is 3. The van der Waals surface area contributed by atoms with E-state index in [0.29, 0.717) is 5.56 Å². The van der Waals surface area contributed by atoms with E-state index in [1.54, 1.807) is 23.9 Å². The first-order chi connectivity index (χ1) is 5.77. The third-order valence-corrected chi connectivity index (χ3v) is 2.39. The summed E-state index contributed by atoms with van der Waals surface area (Å²) < 4.78 is 12.0. The maximum Gasteiger partial charge on any atom is 0.119 e. The predicted molar refractivity (Wildman–Crippen MR) is 49.2 cm³/mol. The first kappa shape index (κ1) is 9.55. The minimum absolute atomic E-state index is 0.635. The Kier molecular flexibility index (Phi) is 3.56. The van der Waals surface area contributed by atoms with Crippen LogP contribution in [0.1, 0.15) is 11.7 Å². The summed E-state index contributed by atoms with van der Waals surface area (Å²) in [6, 6.07) is 7.24. The van der Waals surface area contributed by atoms with Gasteiger partial charge < -0.3 is 5.11 Å². The lowest BCUT2D eigenvalue weighted by Gasteiger charge is -2.05. The zero-order chi connectivity index (χ0) is 8.97. The molecule has 1 unspecified atom stereocenters. The van der Waals surface area contributed by atoms with E-state index in [1.807, 2.05) is 18.4 Å². The van der Waals surface area contributed by atoms with E-state index in [-0.39, 0.29) is 0 Å². The van der Waals surface area contributed by atoms with Crippen molar-refractivity contribution in [3.63, 3.8) is 0 Å². The quantitative estimate of drug-likeness (QED) is 0.731. The van der Waals surface area contributed by atoms with Crippen LogP contribution in [-0.4, -0.2) is 18.0 Å². The van der Waals surface area contributed by atoms with E-state index in [0.717, 1.165) is 4.90 Å². The van der Waals surface area contributed by atoms with Crippen molar-refractivity contribution in [2.24, 2.45) is 0 Å². The van der Waals surface area contributed by atoms with Crippen molar-refractivity contribution in [3.8, 4) is 0 Å². The molecule has 0 amide bonds. The van der Waals surface area contributed by atoms with Crippen LogP contribution in [0, 0.1) is 0 Å². The Morgan fingerprint density at radius 2 is 2.00 bits per heavy atom. The number of thioether (sulfide) groups is 1. The Balaban J connectivity index is 2.77. The van der Waals surface area contributed by atoms with Crippen molar-refractivity contribution in [3.05, 3.63) is 29.8 Å². The standard InChI is InChI=1S/C9H11FOS/c1-12-8-4-2-7(3-5-8)9(11)6-10/h2-5,9,11H,6H2,1H3. The molecule has 0 fully saturated rings. The Morgan fingerprint density at radius 3 is 2.42 bits per heavy atom. The minimum atomic E-state index is -0.971. The zero-order valence-electron chi connectivity index (χ0n) is 6.83. The molecule has 0 aliphatic heterocycles. The smallest absolute Gasteiger partial charge is 0.119 e. The molecule has 0 heterocycles. The molecule has 3 heteroatoms. The summed E-state index contributed by atoms with van der Waals surface area (Å²) in [6.07, 6.45) is 1.00. The average molecular weight is 186 g/mol. The molecule has 66 valence electrons. The molecule has 0 radical (unpaired) electrons. The van der Waals surface area contributed by atoms with Crippen LogP contribution in [0.25, 0.3) is 0 Å². The first-order valence-corrected chi connectivity index (χ1v) is 4.88. The molecule has 0 saturated carbocycles. The van der Waals surface area contributed by atoms with Gasteiger partial charge in [-0.1, -0.05) is 12.1 Å². The summed E-state index contributed by atoms with van der Waals surface area (Å²) in [5.41, 5.74) is 0.635. The van der Waals surface area contributed by atoms with E-state index < -0.39 is 12.8 Å². The van der Waals surface area contributed by atoms with E-state index in [2.05, 4.69) is 0 Å². The van der Waals surface area contributed by atoms with Gasteiger partial charge in [0, 0.05) is 4.90 Å². The molecule has 1 aromatic rings. The number of hydrogen-bond donors (Lipinski definition) is 1. The fourth-order valence-electron chi connectivity index (χ4n) is 0.915. The van der Waals surface area contributed by atoms with Crippen LogP contribution in [0.3, 0.4) is 0 Å². The number of halogens is 1. The van der Waals surface area contributed by atoms with Crippen LogP contribution in [0.5, 0.6) is 0 Å². The molecule has 0 spiro atoms. The largest absolute Gasteiger partial charge is 0.386 e. The highest BCUT2D eigenvalue weighted by atomic mass is 32.2. The summed E-state index contributed by atoms with van der Waals surface area (Å²) in [4.78, 5) is 1.12. The number of hydrogen-bond acceptors (Lipinski definition) is 2. The number of alkyl halides is 1. The van der Waals surface area contributed by atoms with Crippen LogP contribution in [0.4, 0.5) is 4.39 Å². The van der Waals surface area contributed by atoms with E-state index >= 15 is 0 Å². The molecule has 0 aromatic heterocycles. The SMILES string of the molecule is CSc1ccc(C(O)CF)cc1. The molecule has 0 saturated heterocycles. The van der Waals surface area contributed by atoms with Crippen LogP contribution in [-0.2, 0) is 0 Å². The van der Waals surface area contributed by atoms with Crippen molar-refractivity contribution < 1.29 is 9.50 Å². The Labute approximate surface area is 75.6 Å². The molecule has 1 atom stereocenters. The molecule has 1 rings (SSSR count). The van der Waals surface area contributed by atoms with Gasteiger partial charge in [0.15, 0.2) is 0 Å². The minimum Gasteiger partial charge on any atom is -0.386 e. The predicted octanol–water partition coefficient (Wildman–Crippen LogP) is 2.41. The third-order valence-electron chi connectivity index (χ3n) is 1.65. The van der Waals surface area contributed by atoms with Gasteiger partial charge in [-0.05, 0) is 24.0 Å². The number of benzene rings is 1. The van der Waals surface area contributed by atoms with Crippen LogP contribution in [0.2, 0.25) is 0 Å². The summed E-state index contributed by atoms with van der Waals surface area (Å²) in [6.45, 7) is -0.724. The monoisotopic (exact) mass is 186 g/mol. The van der Waals surface area contributed by atoms with Crippen molar-refractivity contribution in [1.29, 1.82) is 0 Å². The van der Waals surface area contributed by atoms with Gasteiger partial charge in [0.25, 0.3) is 0 Å². The lowest BCUT2D eigenvalue weighted by Crippen LogP contribution is -1.98. The molecule has 1 nitrogen and oxygen atoms in total. The van der Waals surface area contributed by atoms with Gasteiger partial charge in [0.05, 0.1) is 0 Å².